The van der Waals surface area contributed by atoms with E-state index in [0.29, 0.717) is 18.4 Å². The van der Waals surface area contributed by atoms with Gasteiger partial charge in [0.05, 0.1) is 12.3 Å². The SMILES string of the molecule is CCOc1ncccc1NCCC(C)c1ccccc1. The Morgan fingerprint density at radius 2 is 1.95 bits per heavy atom. The van der Waals surface area contributed by atoms with Crippen molar-refractivity contribution < 1.29 is 4.74 Å². The molecule has 0 aliphatic heterocycles. The van der Waals surface area contributed by atoms with E-state index in [9.17, 15) is 0 Å². The van der Waals surface area contributed by atoms with Crippen molar-refractivity contribution in [3.05, 3.63) is 54.2 Å². The van der Waals surface area contributed by atoms with Crippen molar-refractivity contribution in [3.8, 4) is 5.88 Å². The Hall–Kier alpha value is -2.03. The average Bonchev–Trinajstić information content (AvgIpc) is 2.50. The van der Waals surface area contributed by atoms with Crippen LogP contribution in [0.5, 0.6) is 5.88 Å². The van der Waals surface area contributed by atoms with E-state index in [1.807, 2.05) is 19.1 Å². The summed E-state index contributed by atoms with van der Waals surface area (Å²) in [4.78, 5) is 4.24. The van der Waals surface area contributed by atoms with Gasteiger partial charge in [-0.1, -0.05) is 37.3 Å². The van der Waals surface area contributed by atoms with Gasteiger partial charge < -0.3 is 10.1 Å². The van der Waals surface area contributed by atoms with Crippen LogP contribution in [0.4, 0.5) is 5.69 Å². The Kier molecular flexibility index (Phi) is 5.42. The molecular formula is C17H22N2O. The summed E-state index contributed by atoms with van der Waals surface area (Å²) in [5, 5.41) is 3.41. The zero-order valence-electron chi connectivity index (χ0n) is 12.2. The van der Waals surface area contributed by atoms with Gasteiger partial charge in [-0.25, -0.2) is 4.98 Å². The van der Waals surface area contributed by atoms with Crippen LogP contribution in [-0.4, -0.2) is 18.1 Å². The predicted octanol–water partition coefficient (Wildman–Crippen LogP) is 4.09. The lowest BCUT2D eigenvalue weighted by Gasteiger charge is -2.14. The van der Waals surface area contributed by atoms with Gasteiger partial charge in [0.1, 0.15) is 0 Å². The molecule has 20 heavy (non-hydrogen) atoms. The summed E-state index contributed by atoms with van der Waals surface area (Å²) in [6, 6.07) is 14.5. The molecule has 0 aliphatic rings. The highest BCUT2D eigenvalue weighted by Gasteiger charge is 2.06. The average molecular weight is 270 g/mol. The summed E-state index contributed by atoms with van der Waals surface area (Å²) >= 11 is 0. The van der Waals surface area contributed by atoms with Gasteiger partial charge in [0.2, 0.25) is 5.88 Å². The number of benzene rings is 1. The third-order valence-corrected chi connectivity index (χ3v) is 3.31. The van der Waals surface area contributed by atoms with Gasteiger partial charge >= 0.3 is 0 Å². The molecule has 0 saturated heterocycles. The van der Waals surface area contributed by atoms with Gasteiger partial charge in [-0.05, 0) is 37.0 Å². The molecule has 1 aromatic heterocycles. The fourth-order valence-electron chi connectivity index (χ4n) is 2.15. The maximum absolute atomic E-state index is 5.51. The van der Waals surface area contributed by atoms with Crippen LogP contribution in [-0.2, 0) is 0 Å². The molecule has 0 aliphatic carbocycles. The largest absolute Gasteiger partial charge is 0.476 e. The lowest BCUT2D eigenvalue weighted by atomic mass is 9.98. The van der Waals surface area contributed by atoms with Crippen molar-refractivity contribution in [2.75, 3.05) is 18.5 Å². The monoisotopic (exact) mass is 270 g/mol. The van der Waals surface area contributed by atoms with Crippen LogP contribution < -0.4 is 10.1 Å². The van der Waals surface area contributed by atoms with E-state index in [4.69, 9.17) is 4.74 Å². The molecule has 106 valence electrons. The third kappa shape index (κ3) is 3.98. The van der Waals surface area contributed by atoms with Crippen molar-refractivity contribution in [1.29, 1.82) is 0 Å². The zero-order chi connectivity index (χ0) is 14.2. The Morgan fingerprint density at radius 3 is 2.70 bits per heavy atom. The molecule has 0 spiro atoms. The van der Waals surface area contributed by atoms with Gasteiger partial charge in [0, 0.05) is 12.7 Å². The van der Waals surface area contributed by atoms with Gasteiger partial charge in [-0.2, -0.15) is 0 Å². The number of rotatable bonds is 7. The number of aromatic nitrogens is 1. The highest BCUT2D eigenvalue weighted by molar-refractivity contribution is 5.51. The number of hydrogen-bond acceptors (Lipinski definition) is 3. The Balaban J connectivity index is 1.87. The molecule has 1 N–H and O–H groups in total. The summed E-state index contributed by atoms with van der Waals surface area (Å²) in [5.74, 6) is 1.22. The van der Waals surface area contributed by atoms with Crippen LogP contribution in [0.25, 0.3) is 0 Å². The molecule has 3 nitrogen and oxygen atoms in total. The van der Waals surface area contributed by atoms with E-state index in [1.54, 1.807) is 6.20 Å². The molecular weight excluding hydrogens is 248 g/mol. The molecule has 1 heterocycles. The lowest BCUT2D eigenvalue weighted by Crippen LogP contribution is -2.08. The Labute approximate surface area is 121 Å². The minimum Gasteiger partial charge on any atom is -0.476 e. The van der Waals surface area contributed by atoms with Crippen molar-refractivity contribution in [1.82, 2.24) is 4.98 Å². The summed E-state index contributed by atoms with van der Waals surface area (Å²) < 4.78 is 5.51. The Bertz CT molecular complexity index is 513. The third-order valence-electron chi connectivity index (χ3n) is 3.31. The molecule has 1 unspecified atom stereocenters. The van der Waals surface area contributed by atoms with Crippen LogP contribution >= 0.6 is 0 Å². The van der Waals surface area contributed by atoms with E-state index in [1.165, 1.54) is 5.56 Å². The number of nitrogens with one attached hydrogen (secondary N) is 1. The fourth-order valence-corrected chi connectivity index (χ4v) is 2.15. The van der Waals surface area contributed by atoms with Crippen molar-refractivity contribution in [2.45, 2.75) is 26.2 Å². The smallest absolute Gasteiger partial charge is 0.237 e. The summed E-state index contributed by atoms with van der Waals surface area (Å²) in [7, 11) is 0. The zero-order valence-corrected chi connectivity index (χ0v) is 12.2. The van der Waals surface area contributed by atoms with E-state index in [-0.39, 0.29) is 0 Å². The molecule has 1 atom stereocenters. The molecule has 0 saturated carbocycles. The molecule has 2 rings (SSSR count). The first kappa shape index (κ1) is 14.4. The number of anilines is 1. The van der Waals surface area contributed by atoms with Crippen LogP contribution in [0.2, 0.25) is 0 Å². The van der Waals surface area contributed by atoms with Crippen molar-refractivity contribution in [3.63, 3.8) is 0 Å². The van der Waals surface area contributed by atoms with E-state index in [2.05, 4.69) is 47.6 Å². The first-order chi connectivity index (χ1) is 9.81. The minimum absolute atomic E-state index is 0.538. The van der Waals surface area contributed by atoms with Gasteiger partial charge in [-0.15, -0.1) is 0 Å². The number of ether oxygens (including phenoxy) is 1. The van der Waals surface area contributed by atoms with Crippen LogP contribution in [0.15, 0.2) is 48.7 Å². The second-order valence-electron chi connectivity index (χ2n) is 4.82. The topological polar surface area (TPSA) is 34.1 Å². The Morgan fingerprint density at radius 1 is 1.15 bits per heavy atom. The normalized spacial score (nSPS) is 11.9. The predicted molar refractivity (Wildman–Crippen MR) is 83.4 cm³/mol. The first-order valence-electron chi connectivity index (χ1n) is 7.18. The molecule has 2 aromatic rings. The molecule has 3 heteroatoms. The molecule has 0 fully saturated rings. The minimum atomic E-state index is 0.538. The summed E-state index contributed by atoms with van der Waals surface area (Å²) in [6.07, 6.45) is 2.83. The molecule has 0 radical (unpaired) electrons. The fraction of sp³-hybridized carbons (Fsp3) is 0.353. The second kappa shape index (κ2) is 7.53. The maximum atomic E-state index is 5.51. The second-order valence-corrected chi connectivity index (χ2v) is 4.82. The maximum Gasteiger partial charge on any atom is 0.237 e. The lowest BCUT2D eigenvalue weighted by molar-refractivity contribution is 0.328. The number of nitrogens with zero attached hydrogens (tertiary/aromatic N) is 1. The first-order valence-corrected chi connectivity index (χ1v) is 7.18. The molecule has 1 aromatic carbocycles. The standard InChI is InChI=1S/C17H22N2O/c1-3-20-17-16(10-7-12-19-17)18-13-11-14(2)15-8-5-4-6-9-15/h4-10,12,14,18H,3,11,13H2,1-2H3. The quantitative estimate of drug-likeness (QED) is 0.823. The van der Waals surface area contributed by atoms with E-state index >= 15 is 0 Å². The highest BCUT2D eigenvalue weighted by atomic mass is 16.5. The van der Waals surface area contributed by atoms with Gasteiger partial charge in [-0.3, -0.25) is 0 Å². The summed E-state index contributed by atoms with van der Waals surface area (Å²) in [5.41, 5.74) is 2.35. The highest BCUT2D eigenvalue weighted by Crippen LogP contribution is 2.22. The number of pyridine rings is 1. The van der Waals surface area contributed by atoms with Gasteiger partial charge in [0.15, 0.2) is 0 Å². The van der Waals surface area contributed by atoms with E-state index in [0.717, 1.165) is 18.7 Å². The van der Waals surface area contributed by atoms with E-state index < -0.39 is 0 Å². The number of hydrogen-bond donors (Lipinski definition) is 1. The van der Waals surface area contributed by atoms with Gasteiger partial charge in [0.25, 0.3) is 0 Å². The molecule has 0 bridgehead atoms. The van der Waals surface area contributed by atoms with Crippen LogP contribution in [0, 0.1) is 0 Å². The van der Waals surface area contributed by atoms with Crippen LogP contribution in [0.1, 0.15) is 31.7 Å². The summed E-state index contributed by atoms with van der Waals surface area (Å²) in [6.45, 7) is 5.76. The molecule has 0 amide bonds. The van der Waals surface area contributed by atoms with Crippen molar-refractivity contribution in [2.24, 2.45) is 0 Å². The van der Waals surface area contributed by atoms with Crippen molar-refractivity contribution >= 4 is 5.69 Å². The van der Waals surface area contributed by atoms with Crippen LogP contribution in [0.3, 0.4) is 0 Å².